The summed E-state index contributed by atoms with van der Waals surface area (Å²) in [4.78, 5) is 21.5. The molecule has 0 aromatic carbocycles. The second-order valence-corrected chi connectivity index (χ2v) is 2.97. The van der Waals surface area contributed by atoms with Gasteiger partial charge in [-0.05, 0) is 13.0 Å². The molecule has 0 aliphatic heterocycles. The summed E-state index contributed by atoms with van der Waals surface area (Å²) in [5.74, 6) is -1.09. The number of Topliss-reactive ketones (excluding diaryl/α,β-unsaturated/α-hetero) is 1. The van der Waals surface area contributed by atoms with E-state index in [1.165, 1.54) is 18.4 Å². The molecule has 0 saturated heterocycles. The monoisotopic (exact) mass is 200 g/mol. The lowest BCUT2D eigenvalue weighted by atomic mass is 10.3. The molecule has 0 atom stereocenters. The van der Waals surface area contributed by atoms with E-state index in [1.54, 1.807) is 0 Å². The average Bonchev–Trinajstić information content (AvgIpc) is 2.56. The number of carboxylic acid groups (broad SMARTS) is 1. The Morgan fingerprint density at radius 1 is 1.38 bits per heavy atom. The number of carboxylic acids is 1. The number of rotatable bonds is 2. The van der Waals surface area contributed by atoms with E-state index in [0.717, 1.165) is 11.3 Å². The minimum absolute atomic E-state index is 0.0949. The van der Waals surface area contributed by atoms with Crippen LogP contribution in [0.15, 0.2) is 11.4 Å². The molecule has 0 fully saturated rings. The molecular formula is C9H12O3S. The lowest BCUT2D eigenvalue weighted by Gasteiger charge is -1.83. The van der Waals surface area contributed by atoms with Gasteiger partial charge in [0.2, 0.25) is 0 Å². The Morgan fingerprint density at radius 2 is 1.92 bits per heavy atom. The highest BCUT2D eigenvalue weighted by atomic mass is 32.1. The second kappa shape index (κ2) is 5.48. The van der Waals surface area contributed by atoms with Crippen molar-refractivity contribution in [3.8, 4) is 0 Å². The molecule has 1 aromatic heterocycles. The molecule has 0 radical (unpaired) electrons. The SMILES string of the molecule is CC.CC(=O)c1cc(C(=O)O)cs1. The van der Waals surface area contributed by atoms with E-state index >= 15 is 0 Å². The van der Waals surface area contributed by atoms with Crippen molar-refractivity contribution >= 4 is 23.1 Å². The molecule has 0 bridgehead atoms. The Labute approximate surface area is 81.0 Å². The quantitative estimate of drug-likeness (QED) is 0.747. The van der Waals surface area contributed by atoms with Gasteiger partial charge in [-0.1, -0.05) is 13.8 Å². The first-order chi connectivity index (χ1) is 6.11. The molecule has 13 heavy (non-hydrogen) atoms. The first-order valence-corrected chi connectivity index (χ1v) is 4.82. The maximum atomic E-state index is 10.7. The third-order valence-corrected chi connectivity index (χ3v) is 2.22. The topological polar surface area (TPSA) is 54.4 Å². The van der Waals surface area contributed by atoms with Crippen LogP contribution in [0.2, 0.25) is 0 Å². The van der Waals surface area contributed by atoms with Gasteiger partial charge in [-0.2, -0.15) is 0 Å². The van der Waals surface area contributed by atoms with Crippen molar-refractivity contribution in [3.63, 3.8) is 0 Å². The van der Waals surface area contributed by atoms with E-state index in [9.17, 15) is 9.59 Å². The molecule has 1 heterocycles. The van der Waals surface area contributed by atoms with Gasteiger partial charge in [0.1, 0.15) is 0 Å². The van der Waals surface area contributed by atoms with E-state index in [1.807, 2.05) is 13.8 Å². The maximum Gasteiger partial charge on any atom is 0.336 e. The van der Waals surface area contributed by atoms with Crippen molar-refractivity contribution in [2.45, 2.75) is 20.8 Å². The Kier molecular flexibility index (Phi) is 4.99. The van der Waals surface area contributed by atoms with E-state index in [2.05, 4.69) is 0 Å². The minimum atomic E-state index is -0.992. The van der Waals surface area contributed by atoms with E-state index in [-0.39, 0.29) is 11.3 Å². The van der Waals surface area contributed by atoms with Gasteiger partial charge in [0.15, 0.2) is 5.78 Å². The molecular weight excluding hydrogens is 188 g/mol. The number of hydrogen-bond acceptors (Lipinski definition) is 3. The molecule has 4 heteroatoms. The Bertz CT molecular complexity index is 273. The van der Waals surface area contributed by atoms with Crippen molar-refractivity contribution in [2.24, 2.45) is 0 Å². The van der Waals surface area contributed by atoms with Crippen LogP contribution in [0, 0.1) is 0 Å². The van der Waals surface area contributed by atoms with Gasteiger partial charge in [0.05, 0.1) is 10.4 Å². The van der Waals surface area contributed by atoms with Crippen LogP contribution in [-0.2, 0) is 0 Å². The molecule has 0 aliphatic rings. The third-order valence-electron chi connectivity index (χ3n) is 1.19. The van der Waals surface area contributed by atoms with Crippen molar-refractivity contribution in [1.29, 1.82) is 0 Å². The van der Waals surface area contributed by atoms with Crippen molar-refractivity contribution in [3.05, 3.63) is 21.9 Å². The number of thiophene rings is 1. The Balaban J connectivity index is 0.000000671. The highest BCUT2D eigenvalue weighted by Gasteiger charge is 2.08. The predicted octanol–water partition coefficient (Wildman–Crippen LogP) is 2.68. The van der Waals surface area contributed by atoms with Crippen molar-refractivity contribution < 1.29 is 14.7 Å². The maximum absolute atomic E-state index is 10.7. The zero-order chi connectivity index (χ0) is 10.4. The normalized spacial score (nSPS) is 8.54. The lowest BCUT2D eigenvalue weighted by molar-refractivity contribution is 0.0697. The second-order valence-electron chi connectivity index (χ2n) is 2.06. The van der Waals surface area contributed by atoms with E-state index < -0.39 is 5.97 Å². The largest absolute Gasteiger partial charge is 0.478 e. The van der Waals surface area contributed by atoms with E-state index in [0.29, 0.717) is 4.88 Å². The third kappa shape index (κ3) is 3.38. The molecule has 1 N–H and O–H groups in total. The Morgan fingerprint density at radius 3 is 2.15 bits per heavy atom. The first-order valence-electron chi connectivity index (χ1n) is 3.94. The van der Waals surface area contributed by atoms with Crippen LogP contribution in [0.3, 0.4) is 0 Å². The van der Waals surface area contributed by atoms with Crippen LogP contribution in [-0.4, -0.2) is 16.9 Å². The van der Waals surface area contributed by atoms with Crippen molar-refractivity contribution in [2.75, 3.05) is 0 Å². The molecule has 0 aliphatic carbocycles. The predicted molar refractivity (Wildman–Crippen MR) is 52.6 cm³/mol. The fraction of sp³-hybridized carbons (Fsp3) is 0.333. The molecule has 0 spiro atoms. The summed E-state index contributed by atoms with van der Waals surface area (Å²) >= 11 is 1.16. The molecule has 1 aromatic rings. The minimum Gasteiger partial charge on any atom is -0.478 e. The molecule has 3 nitrogen and oxygen atoms in total. The lowest BCUT2D eigenvalue weighted by Crippen LogP contribution is -1.93. The van der Waals surface area contributed by atoms with Crippen LogP contribution in [0.4, 0.5) is 0 Å². The summed E-state index contributed by atoms with van der Waals surface area (Å²) in [5, 5.41) is 9.93. The average molecular weight is 200 g/mol. The summed E-state index contributed by atoms with van der Waals surface area (Å²) < 4.78 is 0. The number of ketones is 1. The fourth-order valence-corrected chi connectivity index (χ4v) is 1.42. The highest BCUT2D eigenvalue weighted by Crippen LogP contribution is 2.14. The summed E-state index contributed by atoms with van der Waals surface area (Å²) in [6.45, 7) is 5.41. The number of carbonyl (C=O) groups is 2. The molecule has 0 unspecified atom stereocenters. The van der Waals surface area contributed by atoms with E-state index in [4.69, 9.17) is 5.11 Å². The van der Waals surface area contributed by atoms with Crippen LogP contribution in [0.25, 0.3) is 0 Å². The summed E-state index contributed by atoms with van der Waals surface area (Å²) in [7, 11) is 0. The molecule has 1 rings (SSSR count). The molecule has 0 saturated carbocycles. The van der Waals surface area contributed by atoms with Gasteiger partial charge in [-0.3, -0.25) is 4.79 Å². The summed E-state index contributed by atoms with van der Waals surface area (Å²) in [6.07, 6.45) is 0. The van der Waals surface area contributed by atoms with Gasteiger partial charge in [0.25, 0.3) is 0 Å². The number of hydrogen-bond donors (Lipinski definition) is 1. The smallest absolute Gasteiger partial charge is 0.336 e. The fourth-order valence-electron chi connectivity index (χ4n) is 0.633. The van der Waals surface area contributed by atoms with Gasteiger partial charge >= 0.3 is 5.97 Å². The van der Waals surface area contributed by atoms with Crippen LogP contribution in [0.5, 0.6) is 0 Å². The van der Waals surface area contributed by atoms with Gasteiger partial charge in [0, 0.05) is 5.38 Å². The molecule has 72 valence electrons. The number of carbonyl (C=O) groups excluding carboxylic acids is 1. The Hall–Kier alpha value is -1.16. The summed E-state index contributed by atoms with van der Waals surface area (Å²) in [6, 6.07) is 1.38. The van der Waals surface area contributed by atoms with Crippen LogP contribution in [0.1, 0.15) is 40.8 Å². The first kappa shape index (κ1) is 11.8. The van der Waals surface area contributed by atoms with Crippen molar-refractivity contribution in [1.82, 2.24) is 0 Å². The highest BCUT2D eigenvalue weighted by molar-refractivity contribution is 7.12. The standard InChI is InChI=1S/C7H6O3S.C2H6/c1-4(8)6-2-5(3-11-6)7(9)10;1-2/h2-3H,1H3,(H,9,10);1-2H3. The van der Waals surface area contributed by atoms with Gasteiger partial charge in [-0.15, -0.1) is 11.3 Å². The molecule has 0 amide bonds. The zero-order valence-corrected chi connectivity index (χ0v) is 8.64. The zero-order valence-electron chi connectivity index (χ0n) is 7.83. The number of aromatic carboxylic acids is 1. The van der Waals surface area contributed by atoms with Gasteiger partial charge < -0.3 is 5.11 Å². The van der Waals surface area contributed by atoms with Crippen LogP contribution < -0.4 is 0 Å². The summed E-state index contributed by atoms with van der Waals surface area (Å²) in [5.41, 5.74) is 0.181. The van der Waals surface area contributed by atoms with Gasteiger partial charge in [-0.25, -0.2) is 4.79 Å². The van der Waals surface area contributed by atoms with Crippen LogP contribution >= 0.6 is 11.3 Å².